The normalized spacial score (nSPS) is 19.4. The van der Waals surface area contributed by atoms with Gasteiger partial charge in [-0.3, -0.25) is 4.79 Å². The van der Waals surface area contributed by atoms with Gasteiger partial charge in [0, 0.05) is 20.7 Å². The van der Waals surface area contributed by atoms with Crippen LogP contribution in [0.25, 0.3) is 0 Å². The molecule has 3 atom stereocenters. The Labute approximate surface area is 167 Å². The predicted octanol–water partition coefficient (Wildman–Crippen LogP) is 2.92. The van der Waals surface area contributed by atoms with Crippen molar-refractivity contribution in [2.75, 3.05) is 20.7 Å². The van der Waals surface area contributed by atoms with E-state index in [2.05, 4.69) is 10.6 Å². The van der Waals surface area contributed by atoms with E-state index in [9.17, 15) is 18.4 Å². The van der Waals surface area contributed by atoms with Gasteiger partial charge in [0.1, 0.15) is 12.1 Å². The van der Waals surface area contributed by atoms with Gasteiger partial charge in [0.2, 0.25) is 5.91 Å². The van der Waals surface area contributed by atoms with Gasteiger partial charge in [-0.1, -0.05) is 36.4 Å². The van der Waals surface area contributed by atoms with Crippen LogP contribution in [0, 0.1) is 11.6 Å². The molecular weight excluding hydrogens is 380 g/mol. The lowest BCUT2D eigenvalue weighted by molar-refractivity contribution is -0.130. The first-order chi connectivity index (χ1) is 13.9. The molecule has 1 aliphatic heterocycles. The number of carbonyl (C=O) groups is 2. The molecule has 1 saturated heterocycles. The molecule has 0 bridgehead atoms. The fourth-order valence-corrected chi connectivity index (χ4v) is 3.29. The highest BCUT2D eigenvalue weighted by molar-refractivity contribution is 5.88. The fraction of sp³-hybridized carbons (Fsp3) is 0.333. The molecule has 6 nitrogen and oxygen atoms in total. The average Bonchev–Trinajstić information content (AvgIpc) is 3.16. The lowest BCUT2D eigenvalue weighted by Gasteiger charge is -2.25. The second-order valence-electron chi connectivity index (χ2n) is 7.05. The summed E-state index contributed by atoms with van der Waals surface area (Å²) in [5.41, 5.74) is 1.09. The number of halogens is 2. The smallest absolute Gasteiger partial charge is 0.316 e. The van der Waals surface area contributed by atoms with E-state index in [4.69, 9.17) is 4.74 Å². The molecule has 0 saturated carbocycles. The molecule has 29 heavy (non-hydrogen) atoms. The number of nitrogens with zero attached hydrogens (tertiary/aromatic N) is 1. The Hall–Kier alpha value is -3.00. The monoisotopic (exact) mass is 403 g/mol. The molecule has 0 aliphatic carbocycles. The summed E-state index contributed by atoms with van der Waals surface area (Å²) in [7, 11) is 3.23. The largest absolute Gasteiger partial charge is 0.371 e. The summed E-state index contributed by atoms with van der Waals surface area (Å²) < 4.78 is 32.4. The summed E-state index contributed by atoms with van der Waals surface area (Å²) in [6.45, 7) is 0.368. The summed E-state index contributed by atoms with van der Waals surface area (Å²) >= 11 is 0. The minimum Gasteiger partial charge on any atom is -0.371 e. The molecule has 3 amide bonds. The van der Waals surface area contributed by atoms with Crippen LogP contribution in [0.1, 0.15) is 29.7 Å². The topological polar surface area (TPSA) is 70.7 Å². The third-order valence-electron chi connectivity index (χ3n) is 4.78. The number of benzene rings is 2. The van der Waals surface area contributed by atoms with Crippen LogP contribution < -0.4 is 10.6 Å². The van der Waals surface area contributed by atoms with Gasteiger partial charge >= 0.3 is 6.03 Å². The average molecular weight is 403 g/mol. The Morgan fingerprint density at radius 2 is 1.83 bits per heavy atom. The molecular formula is C21H23F2N3O3. The van der Waals surface area contributed by atoms with Crippen LogP contribution in [0.3, 0.4) is 0 Å². The second kappa shape index (κ2) is 9.00. The number of urea groups is 1. The van der Waals surface area contributed by atoms with Gasteiger partial charge in [0.25, 0.3) is 0 Å². The Bertz CT molecular complexity index is 877. The second-order valence-corrected chi connectivity index (χ2v) is 7.05. The highest BCUT2D eigenvalue weighted by Crippen LogP contribution is 2.30. The zero-order chi connectivity index (χ0) is 21.0. The molecule has 0 radical (unpaired) electrons. The maximum Gasteiger partial charge on any atom is 0.316 e. The minimum atomic E-state index is -0.970. The van der Waals surface area contributed by atoms with Crippen LogP contribution in [-0.4, -0.2) is 43.6 Å². The molecule has 154 valence electrons. The standard InChI is InChI=1S/C21H23F2N3O3/c1-26(2)20(27)18(13-6-4-3-5-7-13)25-21(28)24-17-10-11-29-19(17)14-8-9-15(22)16(23)12-14/h3-9,12,17-19H,10-11H2,1-2H3,(H2,24,25,28)/t17-,18-,19-/m1/s1. The van der Waals surface area contributed by atoms with Crippen molar-refractivity contribution in [3.8, 4) is 0 Å². The van der Waals surface area contributed by atoms with Crippen LogP contribution in [0.15, 0.2) is 48.5 Å². The number of likely N-dealkylation sites (N-methyl/N-ethyl adjacent to an activating group) is 1. The van der Waals surface area contributed by atoms with E-state index in [1.165, 1.54) is 11.0 Å². The van der Waals surface area contributed by atoms with E-state index < -0.39 is 35.9 Å². The summed E-state index contributed by atoms with van der Waals surface area (Å²) in [6, 6.07) is 10.6. The van der Waals surface area contributed by atoms with E-state index in [-0.39, 0.29) is 5.91 Å². The Kier molecular flexibility index (Phi) is 6.43. The molecule has 0 spiro atoms. The minimum absolute atomic E-state index is 0.272. The lowest BCUT2D eigenvalue weighted by Crippen LogP contribution is -2.48. The fourth-order valence-electron chi connectivity index (χ4n) is 3.29. The maximum atomic E-state index is 13.6. The summed E-state index contributed by atoms with van der Waals surface area (Å²) in [5.74, 6) is -2.19. The molecule has 2 N–H and O–H groups in total. The Morgan fingerprint density at radius 1 is 1.10 bits per heavy atom. The third-order valence-corrected chi connectivity index (χ3v) is 4.78. The summed E-state index contributed by atoms with van der Waals surface area (Å²) in [5, 5.41) is 5.50. The molecule has 8 heteroatoms. The lowest BCUT2D eigenvalue weighted by atomic mass is 10.0. The van der Waals surface area contributed by atoms with Crippen molar-refractivity contribution in [3.63, 3.8) is 0 Å². The van der Waals surface area contributed by atoms with Gasteiger partial charge in [-0.2, -0.15) is 0 Å². The molecule has 1 fully saturated rings. The van der Waals surface area contributed by atoms with Crippen molar-refractivity contribution in [1.82, 2.24) is 15.5 Å². The van der Waals surface area contributed by atoms with Gasteiger partial charge in [0.05, 0.1) is 6.04 Å². The molecule has 2 aromatic carbocycles. The number of hydrogen-bond acceptors (Lipinski definition) is 3. The van der Waals surface area contributed by atoms with Gasteiger partial charge in [-0.05, 0) is 29.7 Å². The number of nitrogens with one attached hydrogen (secondary N) is 2. The molecule has 2 aromatic rings. The van der Waals surface area contributed by atoms with E-state index in [1.54, 1.807) is 38.4 Å². The van der Waals surface area contributed by atoms with Crippen molar-refractivity contribution in [2.45, 2.75) is 24.6 Å². The van der Waals surface area contributed by atoms with Crippen molar-refractivity contribution in [2.24, 2.45) is 0 Å². The van der Waals surface area contributed by atoms with Gasteiger partial charge in [-0.25, -0.2) is 13.6 Å². The quantitative estimate of drug-likeness (QED) is 0.807. The van der Waals surface area contributed by atoms with Crippen molar-refractivity contribution < 1.29 is 23.1 Å². The summed E-state index contributed by atoms with van der Waals surface area (Å²) in [6.07, 6.45) is -0.0927. The zero-order valence-corrected chi connectivity index (χ0v) is 16.2. The summed E-state index contributed by atoms with van der Waals surface area (Å²) in [4.78, 5) is 26.6. The Morgan fingerprint density at radius 3 is 2.48 bits per heavy atom. The Balaban J connectivity index is 1.72. The van der Waals surface area contributed by atoms with E-state index in [0.29, 0.717) is 24.2 Å². The van der Waals surface area contributed by atoms with Crippen LogP contribution in [-0.2, 0) is 9.53 Å². The number of hydrogen-bond donors (Lipinski definition) is 2. The first-order valence-corrected chi connectivity index (χ1v) is 9.26. The number of ether oxygens (including phenoxy) is 1. The highest BCUT2D eigenvalue weighted by atomic mass is 19.2. The van der Waals surface area contributed by atoms with E-state index >= 15 is 0 Å². The van der Waals surface area contributed by atoms with Crippen molar-refractivity contribution in [3.05, 3.63) is 71.3 Å². The molecule has 3 rings (SSSR count). The van der Waals surface area contributed by atoms with E-state index in [1.807, 2.05) is 6.07 Å². The zero-order valence-electron chi connectivity index (χ0n) is 16.2. The highest BCUT2D eigenvalue weighted by Gasteiger charge is 2.33. The third kappa shape index (κ3) is 4.89. The van der Waals surface area contributed by atoms with Crippen LogP contribution in [0.2, 0.25) is 0 Å². The van der Waals surface area contributed by atoms with Crippen molar-refractivity contribution >= 4 is 11.9 Å². The van der Waals surface area contributed by atoms with Crippen LogP contribution >= 0.6 is 0 Å². The molecule has 0 unspecified atom stereocenters. The van der Waals surface area contributed by atoms with E-state index in [0.717, 1.165) is 12.1 Å². The predicted molar refractivity (Wildman–Crippen MR) is 103 cm³/mol. The van der Waals surface area contributed by atoms with Crippen LogP contribution in [0.5, 0.6) is 0 Å². The van der Waals surface area contributed by atoms with Gasteiger partial charge < -0.3 is 20.3 Å². The van der Waals surface area contributed by atoms with Gasteiger partial charge in [-0.15, -0.1) is 0 Å². The number of amides is 3. The van der Waals surface area contributed by atoms with Crippen LogP contribution in [0.4, 0.5) is 13.6 Å². The first kappa shape index (κ1) is 20.7. The molecule has 1 heterocycles. The first-order valence-electron chi connectivity index (χ1n) is 9.26. The SMILES string of the molecule is CN(C)C(=O)[C@H](NC(=O)N[C@@H]1CCO[C@@H]1c1ccc(F)c(F)c1)c1ccccc1. The number of rotatable bonds is 5. The molecule has 0 aromatic heterocycles. The maximum absolute atomic E-state index is 13.6. The molecule has 1 aliphatic rings. The number of carbonyl (C=O) groups excluding carboxylic acids is 2. The van der Waals surface area contributed by atoms with Crippen molar-refractivity contribution in [1.29, 1.82) is 0 Å². The van der Waals surface area contributed by atoms with Gasteiger partial charge in [0.15, 0.2) is 11.6 Å².